The van der Waals surface area contributed by atoms with Crippen LogP contribution in [-0.4, -0.2) is 60.3 Å². The Morgan fingerprint density at radius 3 is 2.22 bits per heavy atom. The lowest BCUT2D eigenvalue weighted by Gasteiger charge is -2.28. The molecule has 0 radical (unpaired) electrons. The van der Waals surface area contributed by atoms with Gasteiger partial charge in [-0.15, -0.1) is 0 Å². The fraction of sp³-hybridized carbons (Fsp3) is 0.533. The van der Waals surface area contributed by atoms with E-state index in [0.29, 0.717) is 5.56 Å². The molecular weight excluding hydrogens is 316 g/mol. The van der Waals surface area contributed by atoms with Gasteiger partial charge in [-0.1, -0.05) is 12.1 Å². The quantitative estimate of drug-likeness (QED) is 0.810. The van der Waals surface area contributed by atoms with Gasteiger partial charge in [-0.2, -0.15) is 13.2 Å². The van der Waals surface area contributed by atoms with E-state index in [0.717, 1.165) is 4.90 Å². The summed E-state index contributed by atoms with van der Waals surface area (Å²) in [5.74, 6) is -0.797. The van der Waals surface area contributed by atoms with Gasteiger partial charge in [0.1, 0.15) is 5.82 Å². The van der Waals surface area contributed by atoms with Crippen molar-refractivity contribution >= 4 is 5.91 Å². The predicted octanol–water partition coefficient (Wildman–Crippen LogP) is 2.20. The zero-order chi connectivity index (χ0) is 17.8. The van der Waals surface area contributed by atoms with E-state index in [1.54, 1.807) is 19.1 Å². The molecule has 1 rings (SSSR count). The monoisotopic (exact) mass is 336 g/mol. The second kappa shape index (κ2) is 7.74. The fourth-order valence-corrected chi connectivity index (χ4v) is 1.99. The Morgan fingerprint density at radius 1 is 1.22 bits per heavy atom. The van der Waals surface area contributed by atoms with Crippen molar-refractivity contribution in [2.75, 3.05) is 27.2 Å². The van der Waals surface area contributed by atoms with Crippen molar-refractivity contribution in [1.82, 2.24) is 9.80 Å². The third-order valence-electron chi connectivity index (χ3n) is 3.59. The maximum absolute atomic E-state index is 12.9. The number of alkyl halides is 3. The Kier molecular flexibility index (Phi) is 6.52. The van der Waals surface area contributed by atoms with Crippen LogP contribution in [0.4, 0.5) is 17.6 Å². The normalized spacial score (nSPS) is 14.7. The number of aliphatic hydroxyl groups excluding tert-OH is 1. The Morgan fingerprint density at radius 2 is 1.74 bits per heavy atom. The number of amides is 1. The molecule has 1 aromatic carbocycles. The van der Waals surface area contributed by atoms with Gasteiger partial charge in [0.15, 0.2) is 6.10 Å². The summed E-state index contributed by atoms with van der Waals surface area (Å²) in [6.07, 6.45) is -7.22. The van der Waals surface area contributed by atoms with Gasteiger partial charge < -0.3 is 10.0 Å². The summed E-state index contributed by atoms with van der Waals surface area (Å²) in [7, 11) is 2.84. The summed E-state index contributed by atoms with van der Waals surface area (Å²) < 4.78 is 49.8. The molecule has 2 atom stereocenters. The van der Waals surface area contributed by atoms with Crippen LogP contribution < -0.4 is 0 Å². The molecule has 0 aliphatic heterocycles. The second-order valence-corrected chi connectivity index (χ2v) is 5.49. The highest BCUT2D eigenvalue weighted by molar-refractivity contribution is 5.78. The highest BCUT2D eigenvalue weighted by atomic mass is 19.4. The van der Waals surface area contributed by atoms with E-state index in [2.05, 4.69) is 0 Å². The van der Waals surface area contributed by atoms with Crippen LogP contribution in [-0.2, 0) is 4.79 Å². The molecule has 4 nitrogen and oxygen atoms in total. The molecule has 130 valence electrons. The van der Waals surface area contributed by atoms with E-state index in [1.807, 2.05) is 0 Å². The number of rotatable bonds is 6. The molecule has 0 bridgehead atoms. The van der Waals surface area contributed by atoms with E-state index >= 15 is 0 Å². The zero-order valence-corrected chi connectivity index (χ0v) is 13.1. The van der Waals surface area contributed by atoms with Crippen LogP contribution in [0.3, 0.4) is 0 Å². The van der Waals surface area contributed by atoms with Crippen molar-refractivity contribution in [3.8, 4) is 0 Å². The molecule has 0 saturated carbocycles. The number of carbonyl (C=O) groups is 1. The summed E-state index contributed by atoms with van der Waals surface area (Å²) in [6.45, 7) is 0.777. The van der Waals surface area contributed by atoms with Crippen LogP contribution in [0.15, 0.2) is 24.3 Å². The highest BCUT2D eigenvalue weighted by Crippen LogP contribution is 2.21. The average molecular weight is 336 g/mol. The maximum atomic E-state index is 12.9. The van der Waals surface area contributed by atoms with Gasteiger partial charge in [0.25, 0.3) is 0 Å². The number of aliphatic hydroxyl groups is 1. The molecule has 0 heterocycles. The first-order valence-corrected chi connectivity index (χ1v) is 6.96. The van der Waals surface area contributed by atoms with Crippen molar-refractivity contribution < 1.29 is 27.5 Å². The van der Waals surface area contributed by atoms with Crippen LogP contribution in [0.5, 0.6) is 0 Å². The molecule has 0 spiro atoms. The standard InChI is InChI=1S/C15H20F4N2O2/c1-10(11-4-6-12(16)7-5-11)21(3)14(23)9-20(2)8-13(22)15(17,18)19/h4-7,10,13,22H,8-9H2,1-3H3. The van der Waals surface area contributed by atoms with Gasteiger partial charge in [-0.3, -0.25) is 9.69 Å². The van der Waals surface area contributed by atoms with Crippen LogP contribution in [0, 0.1) is 5.82 Å². The minimum absolute atomic E-state index is 0.269. The number of likely N-dealkylation sites (N-methyl/N-ethyl adjacent to an activating group) is 2. The SMILES string of the molecule is CC(c1ccc(F)cc1)N(C)C(=O)CN(C)CC(O)C(F)(F)F. The van der Waals surface area contributed by atoms with Crippen molar-refractivity contribution in [2.24, 2.45) is 0 Å². The summed E-state index contributed by atoms with van der Waals surface area (Å²) in [4.78, 5) is 14.6. The first kappa shape index (κ1) is 19.4. The number of hydrogen-bond acceptors (Lipinski definition) is 3. The van der Waals surface area contributed by atoms with Gasteiger partial charge in [-0.25, -0.2) is 4.39 Å². The summed E-state index contributed by atoms with van der Waals surface area (Å²) >= 11 is 0. The molecule has 0 aliphatic rings. The Labute approximate surface area is 132 Å². The van der Waals surface area contributed by atoms with Gasteiger partial charge in [-0.05, 0) is 31.7 Å². The van der Waals surface area contributed by atoms with E-state index in [-0.39, 0.29) is 12.6 Å². The number of halogens is 4. The molecule has 0 saturated heterocycles. The molecule has 23 heavy (non-hydrogen) atoms. The maximum Gasteiger partial charge on any atom is 0.415 e. The van der Waals surface area contributed by atoms with E-state index < -0.39 is 30.5 Å². The summed E-state index contributed by atoms with van der Waals surface area (Å²) in [6, 6.07) is 5.28. The van der Waals surface area contributed by atoms with E-state index in [9.17, 15) is 22.4 Å². The molecule has 1 amide bonds. The van der Waals surface area contributed by atoms with Crippen LogP contribution in [0.2, 0.25) is 0 Å². The molecule has 0 aromatic heterocycles. The van der Waals surface area contributed by atoms with Crippen molar-refractivity contribution in [3.05, 3.63) is 35.6 Å². The number of carbonyl (C=O) groups excluding carboxylic acids is 1. The lowest BCUT2D eigenvalue weighted by atomic mass is 10.1. The summed E-state index contributed by atoms with van der Waals surface area (Å²) in [5, 5.41) is 8.99. The highest BCUT2D eigenvalue weighted by Gasteiger charge is 2.38. The molecule has 1 aromatic rings. The number of benzene rings is 1. The van der Waals surface area contributed by atoms with Gasteiger partial charge in [0, 0.05) is 13.6 Å². The molecule has 0 fully saturated rings. The lowest BCUT2D eigenvalue weighted by Crippen LogP contribution is -2.44. The zero-order valence-electron chi connectivity index (χ0n) is 13.1. The molecule has 0 aliphatic carbocycles. The Bertz CT molecular complexity index is 519. The van der Waals surface area contributed by atoms with Crippen LogP contribution >= 0.6 is 0 Å². The average Bonchev–Trinajstić information content (AvgIpc) is 2.45. The second-order valence-electron chi connectivity index (χ2n) is 5.49. The minimum Gasteiger partial charge on any atom is -0.382 e. The Balaban J connectivity index is 2.61. The summed E-state index contributed by atoms with van der Waals surface area (Å²) in [5.41, 5.74) is 0.709. The largest absolute Gasteiger partial charge is 0.415 e. The van der Waals surface area contributed by atoms with Crippen LogP contribution in [0.25, 0.3) is 0 Å². The van der Waals surface area contributed by atoms with Gasteiger partial charge in [0.05, 0.1) is 12.6 Å². The van der Waals surface area contributed by atoms with Crippen molar-refractivity contribution in [2.45, 2.75) is 25.2 Å². The molecule has 2 unspecified atom stereocenters. The van der Waals surface area contributed by atoms with E-state index in [4.69, 9.17) is 5.11 Å². The Hall–Kier alpha value is -1.67. The number of hydrogen-bond donors (Lipinski definition) is 1. The first-order chi connectivity index (χ1) is 10.5. The minimum atomic E-state index is -4.72. The van der Waals surface area contributed by atoms with Crippen molar-refractivity contribution in [3.63, 3.8) is 0 Å². The van der Waals surface area contributed by atoms with Crippen molar-refractivity contribution in [1.29, 1.82) is 0 Å². The van der Waals surface area contributed by atoms with Crippen LogP contribution in [0.1, 0.15) is 18.5 Å². The lowest BCUT2D eigenvalue weighted by molar-refractivity contribution is -0.207. The fourth-order valence-electron chi connectivity index (χ4n) is 1.99. The van der Waals surface area contributed by atoms with Gasteiger partial charge in [0.2, 0.25) is 5.91 Å². The topological polar surface area (TPSA) is 43.8 Å². The molecule has 1 N–H and O–H groups in total. The third kappa shape index (κ3) is 5.80. The van der Waals surface area contributed by atoms with Gasteiger partial charge >= 0.3 is 6.18 Å². The van der Waals surface area contributed by atoms with E-state index in [1.165, 1.54) is 31.1 Å². The smallest absolute Gasteiger partial charge is 0.382 e. The first-order valence-electron chi connectivity index (χ1n) is 6.96. The predicted molar refractivity (Wildman–Crippen MR) is 77.1 cm³/mol. The molecular formula is C15H20F4N2O2. The number of nitrogens with zero attached hydrogens (tertiary/aromatic N) is 2. The third-order valence-corrected chi connectivity index (χ3v) is 3.59. The molecule has 8 heteroatoms.